The summed E-state index contributed by atoms with van der Waals surface area (Å²) in [6.07, 6.45) is 4.12. The molecule has 2 rings (SSSR count). The summed E-state index contributed by atoms with van der Waals surface area (Å²) in [5.41, 5.74) is 5.34. The summed E-state index contributed by atoms with van der Waals surface area (Å²) >= 11 is 0. The lowest BCUT2D eigenvalue weighted by molar-refractivity contribution is -0.159. The minimum Gasteiger partial charge on any atom is -0.458 e. The number of carbonyl (C=O) groups excluding carboxylic acids is 5. The third-order valence-corrected chi connectivity index (χ3v) is 6.06. The highest BCUT2D eigenvalue weighted by atomic mass is 16.6. The van der Waals surface area contributed by atoms with Crippen molar-refractivity contribution in [3.05, 3.63) is 71.3 Å². The largest absolute Gasteiger partial charge is 0.458 e. The monoisotopic (exact) mass is 606 g/mol. The standard InChI is InChI=1S/C33H42N4O7/c1-9-21-15-17-23(18-16-21)27(37(8)29(40)24(20-26(34)38)36-31(42)44-33(5,6)7)28(39)35-25(30(41)43-32(2,3)4)19-22-13-11-10-12-14-22/h1,10-18,24-25,27H,19-20H2,2-8H3,(H2,34,38)(H,35,39)(H,36,42). The van der Waals surface area contributed by atoms with Crippen LogP contribution in [0.1, 0.15) is 70.7 Å². The third-order valence-electron chi connectivity index (χ3n) is 6.06. The van der Waals surface area contributed by atoms with Gasteiger partial charge in [-0.15, -0.1) is 6.42 Å². The minimum absolute atomic E-state index is 0.117. The van der Waals surface area contributed by atoms with E-state index in [1.807, 2.05) is 30.3 Å². The number of nitrogens with one attached hydrogen (secondary N) is 2. The minimum atomic E-state index is -1.45. The lowest BCUT2D eigenvalue weighted by Crippen LogP contribution is -2.54. The van der Waals surface area contributed by atoms with E-state index in [1.54, 1.807) is 65.8 Å². The van der Waals surface area contributed by atoms with Gasteiger partial charge in [0.25, 0.3) is 0 Å². The van der Waals surface area contributed by atoms with Crippen LogP contribution < -0.4 is 16.4 Å². The SMILES string of the molecule is C#Cc1ccc(C(C(=O)NC(Cc2ccccc2)C(=O)OC(C)(C)C)N(C)C(=O)C(CC(N)=O)NC(=O)OC(C)(C)C)cc1. The van der Waals surface area contributed by atoms with Crippen molar-refractivity contribution >= 4 is 29.8 Å². The Balaban J connectivity index is 2.50. The highest BCUT2D eigenvalue weighted by molar-refractivity contribution is 5.95. The molecule has 0 aliphatic rings. The molecule has 44 heavy (non-hydrogen) atoms. The Morgan fingerprint density at radius 3 is 1.93 bits per heavy atom. The van der Waals surface area contributed by atoms with E-state index in [4.69, 9.17) is 21.6 Å². The number of rotatable bonds is 11. The number of nitrogens with zero attached hydrogens (tertiary/aromatic N) is 1. The van der Waals surface area contributed by atoms with Crippen molar-refractivity contribution in [1.82, 2.24) is 15.5 Å². The van der Waals surface area contributed by atoms with Gasteiger partial charge >= 0.3 is 12.1 Å². The topological polar surface area (TPSA) is 157 Å². The number of primary amides is 1. The maximum Gasteiger partial charge on any atom is 0.408 e. The second kappa shape index (κ2) is 15.0. The predicted octanol–water partition coefficient (Wildman–Crippen LogP) is 3.01. The van der Waals surface area contributed by atoms with Gasteiger partial charge in [0.2, 0.25) is 17.7 Å². The van der Waals surface area contributed by atoms with Gasteiger partial charge in [0.15, 0.2) is 0 Å². The van der Waals surface area contributed by atoms with E-state index in [-0.39, 0.29) is 6.42 Å². The van der Waals surface area contributed by atoms with Crippen molar-refractivity contribution in [2.45, 2.75) is 83.7 Å². The van der Waals surface area contributed by atoms with E-state index in [0.717, 1.165) is 10.5 Å². The smallest absolute Gasteiger partial charge is 0.408 e. The Hall–Kier alpha value is -4.85. The molecule has 11 nitrogen and oxygen atoms in total. The Kier molecular flexibility index (Phi) is 12.1. The Labute approximate surface area is 258 Å². The van der Waals surface area contributed by atoms with Gasteiger partial charge in [-0.1, -0.05) is 48.4 Å². The van der Waals surface area contributed by atoms with Gasteiger partial charge in [-0.3, -0.25) is 14.4 Å². The lowest BCUT2D eigenvalue weighted by Gasteiger charge is -2.32. The molecule has 0 spiro atoms. The summed E-state index contributed by atoms with van der Waals surface area (Å²) in [6, 6.07) is 11.6. The maximum absolute atomic E-state index is 14.0. The second-order valence-corrected chi connectivity index (χ2v) is 12.3. The quantitative estimate of drug-likeness (QED) is 0.262. The zero-order valence-corrected chi connectivity index (χ0v) is 26.3. The third kappa shape index (κ3) is 11.4. The molecule has 0 heterocycles. The second-order valence-electron chi connectivity index (χ2n) is 12.3. The van der Waals surface area contributed by atoms with Gasteiger partial charge in [-0.05, 0) is 64.8 Å². The number of alkyl carbamates (subject to hydrolysis) is 1. The zero-order valence-electron chi connectivity index (χ0n) is 26.3. The van der Waals surface area contributed by atoms with E-state index in [0.29, 0.717) is 11.1 Å². The van der Waals surface area contributed by atoms with Crippen LogP contribution in [0, 0.1) is 12.3 Å². The van der Waals surface area contributed by atoms with Crippen LogP contribution in [0.4, 0.5) is 4.79 Å². The number of hydrogen-bond donors (Lipinski definition) is 3. The number of likely N-dealkylation sites (N-methyl/N-ethyl adjacent to an activating group) is 1. The number of ether oxygens (including phenoxy) is 2. The summed E-state index contributed by atoms with van der Waals surface area (Å²) in [6.45, 7) is 10.1. The molecule has 0 saturated heterocycles. The fourth-order valence-electron chi connectivity index (χ4n) is 4.20. The first-order chi connectivity index (χ1) is 20.4. The molecule has 0 fully saturated rings. The number of terminal acetylenes is 1. The van der Waals surface area contributed by atoms with E-state index >= 15 is 0 Å². The van der Waals surface area contributed by atoms with Crippen LogP contribution >= 0.6 is 0 Å². The van der Waals surface area contributed by atoms with Gasteiger partial charge in [0, 0.05) is 19.0 Å². The molecule has 2 aromatic rings. The molecule has 0 radical (unpaired) electrons. The number of benzene rings is 2. The van der Waals surface area contributed by atoms with Crippen LogP contribution in [0.5, 0.6) is 0 Å². The molecule has 3 unspecified atom stereocenters. The van der Waals surface area contributed by atoms with Crippen LogP contribution in [-0.2, 0) is 35.1 Å². The van der Waals surface area contributed by atoms with Gasteiger partial charge < -0.3 is 30.7 Å². The van der Waals surface area contributed by atoms with Crippen molar-refractivity contribution in [3.8, 4) is 12.3 Å². The van der Waals surface area contributed by atoms with E-state index < -0.39 is 65.5 Å². The molecule has 0 saturated carbocycles. The van der Waals surface area contributed by atoms with Crippen molar-refractivity contribution in [2.24, 2.45) is 5.73 Å². The molecule has 236 valence electrons. The molecule has 3 atom stereocenters. The average molecular weight is 607 g/mol. The zero-order chi connectivity index (χ0) is 33.2. The molecule has 2 aromatic carbocycles. The summed E-state index contributed by atoms with van der Waals surface area (Å²) in [7, 11) is 1.34. The Morgan fingerprint density at radius 2 is 1.43 bits per heavy atom. The predicted molar refractivity (Wildman–Crippen MR) is 165 cm³/mol. The number of hydrogen-bond acceptors (Lipinski definition) is 7. The van der Waals surface area contributed by atoms with E-state index in [1.165, 1.54) is 7.05 Å². The fraction of sp³-hybridized carbons (Fsp3) is 0.424. The van der Waals surface area contributed by atoms with Gasteiger partial charge in [0.1, 0.15) is 29.3 Å². The Bertz CT molecular complexity index is 1370. The number of nitrogens with two attached hydrogens (primary N) is 1. The van der Waals surface area contributed by atoms with Gasteiger partial charge in [-0.2, -0.15) is 0 Å². The van der Waals surface area contributed by atoms with Crippen molar-refractivity contribution in [1.29, 1.82) is 0 Å². The molecule has 4 amide bonds. The molecule has 0 bridgehead atoms. The molecule has 0 aliphatic heterocycles. The normalized spacial score (nSPS) is 13.3. The van der Waals surface area contributed by atoms with E-state index in [2.05, 4.69) is 16.6 Å². The first-order valence-electron chi connectivity index (χ1n) is 14.1. The summed E-state index contributed by atoms with van der Waals surface area (Å²) in [5.74, 6) is -0.540. The van der Waals surface area contributed by atoms with Crippen molar-refractivity contribution in [3.63, 3.8) is 0 Å². The molecule has 0 aliphatic carbocycles. The summed E-state index contributed by atoms with van der Waals surface area (Å²) in [5, 5.41) is 5.13. The number of amides is 4. The molecular weight excluding hydrogens is 564 g/mol. The summed E-state index contributed by atoms with van der Waals surface area (Å²) in [4.78, 5) is 66.5. The van der Waals surface area contributed by atoms with Crippen LogP contribution in [0.2, 0.25) is 0 Å². The average Bonchev–Trinajstić information content (AvgIpc) is 2.90. The Morgan fingerprint density at radius 1 is 0.864 bits per heavy atom. The number of carbonyl (C=O) groups is 5. The molecule has 4 N–H and O–H groups in total. The molecule has 11 heteroatoms. The maximum atomic E-state index is 14.0. The number of esters is 1. The first kappa shape index (κ1) is 35.3. The molecule has 0 aromatic heterocycles. The molecular formula is C33H42N4O7. The van der Waals surface area contributed by atoms with Crippen LogP contribution in [-0.4, -0.2) is 65.0 Å². The lowest BCUT2D eigenvalue weighted by atomic mass is 10.00. The summed E-state index contributed by atoms with van der Waals surface area (Å²) < 4.78 is 10.8. The van der Waals surface area contributed by atoms with E-state index in [9.17, 15) is 24.0 Å². The van der Waals surface area contributed by atoms with Crippen molar-refractivity contribution < 1.29 is 33.4 Å². The van der Waals surface area contributed by atoms with Crippen LogP contribution in [0.3, 0.4) is 0 Å². The van der Waals surface area contributed by atoms with Crippen LogP contribution in [0.15, 0.2) is 54.6 Å². The van der Waals surface area contributed by atoms with Gasteiger partial charge in [-0.25, -0.2) is 9.59 Å². The fourth-order valence-corrected chi connectivity index (χ4v) is 4.20. The highest BCUT2D eigenvalue weighted by Gasteiger charge is 2.37. The first-order valence-corrected chi connectivity index (χ1v) is 14.1. The van der Waals surface area contributed by atoms with Crippen LogP contribution in [0.25, 0.3) is 0 Å². The highest BCUT2D eigenvalue weighted by Crippen LogP contribution is 2.23. The van der Waals surface area contributed by atoms with Crippen molar-refractivity contribution in [2.75, 3.05) is 7.05 Å². The van der Waals surface area contributed by atoms with Gasteiger partial charge in [0.05, 0.1) is 6.42 Å².